The highest BCUT2D eigenvalue weighted by molar-refractivity contribution is 5.85. The van der Waals surface area contributed by atoms with E-state index in [-0.39, 0.29) is 13.2 Å². The number of anilines is 7. The topological polar surface area (TPSA) is 207 Å². The number of hydrogen-bond donors (Lipinski definition) is 7. The predicted octanol–water partition coefficient (Wildman–Crippen LogP) is 1.91. The molecule has 3 aromatic rings. The summed E-state index contributed by atoms with van der Waals surface area (Å²) in [7, 11) is 0. The van der Waals surface area contributed by atoms with Gasteiger partial charge in [-0.2, -0.15) is 0 Å². The summed E-state index contributed by atoms with van der Waals surface area (Å²) in [5.41, 5.74) is 39.4. The van der Waals surface area contributed by atoms with Gasteiger partial charge in [0.25, 0.3) is 0 Å². The fourth-order valence-corrected chi connectivity index (χ4v) is 3.63. The molecule has 36 heavy (non-hydrogen) atoms. The third-order valence-corrected chi connectivity index (χ3v) is 5.38. The lowest BCUT2D eigenvalue weighted by atomic mass is 10.2. The Bertz CT molecular complexity index is 1160. The van der Waals surface area contributed by atoms with E-state index in [1.165, 1.54) is 0 Å². The second-order valence-electron chi connectivity index (χ2n) is 8.12. The Morgan fingerprint density at radius 1 is 0.611 bits per heavy atom. The Morgan fingerprint density at radius 3 is 1.69 bits per heavy atom. The van der Waals surface area contributed by atoms with E-state index in [1.54, 1.807) is 48.5 Å². The van der Waals surface area contributed by atoms with Crippen molar-refractivity contribution in [2.75, 3.05) is 78.8 Å². The van der Waals surface area contributed by atoms with Crippen molar-refractivity contribution >= 4 is 39.8 Å². The number of benzene rings is 3. The van der Waals surface area contributed by atoms with Crippen LogP contribution in [0.5, 0.6) is 17.2 Å². The van der Waals surface area contributed by atoms with E-state index in [0.717, 1.165) is 0 Å². The maximum Gasteiger partial charge on any atom is 0.144 e. The van der Waals surface area contributed by atoms with Gasteiger partial charge in [0.05, 0.1) is 49.1 Å². The maximum absolute atomic E-state index is 9.61. The molecule has 0 aromatic heterocycles. The van der Waals surface area contributed by atoms with Crippen LogP contribution < -0.4 is 53.5 Å². The molecule has 0 fully saturated rings. The van der Waals surface area contributed by atoms with Gasteiger partial charge in [0, 0.05) is 24.3 Å². The zero-order chi connectivity index (χ0) is 26.1. The van der Waals surface area contributed by atoms with E-state index in [0.29, 0.717) is 89.8 Å². The number of nitrogens with zero attached hydrogens (tertiary/aromatic N) is 1. The summed E-state index contributed by atoms with van der Waals surface area (Å²) in [5, 5.41) is 9.61. The van der Waals surface area contributed by atoms with Gasteiger partial charge in [0.1, 0.15) is 29.5 Å². The molecule has 194 valence electrons. The zero-order valence-electron chi connectivity index (χ0n) is 20.2. The predicted molar refractivity (Wildman–Crippen MR) is 146 cm³/mol. The number of nitrogens with two attached hydrogens (primary N) is 6. The quantitative estimate of drug-likeness (QED) is 0.134. The van der Waals surface area contributed by atoms with Gasteiger partial charge in [-0.15, -0.1) is 0 Å². The van der Waals surface area contributed by atoms with Gasteiger partial charge in [-0.05, 0) is 48.5 Å². The summed E-state index contributed by atoms with van der Waals surface area (Å²) in [6.45, 7) is 1.65. The molecule has 11 nitrogen and oxygen atoms in total. The zero-order valence-corrected chi connectivity index (χ0v) is 20.2. The van der Waals surface area contributed by atoms with Gasteiger partial charge in [-0.3, -0.25) is 0 Å². The van der Waals surface area contributed by atoms with E-state index in [1.807, 2.05) is 4.90 Å². The number of nitrogen functional groups attached to an aromatic ring is 6. The molecule has 13 N–H and O–H groups in total. The third kappa shape index (κ3) is 6.83. The Hall–Kier alpha value is -4.38. The molecule has 0 heterocycles. The van der Waals surface area contributed by atoms with Crippen LogP contribution in [-0.4, -0.2) is 44.6 Å². The number of rotatable bonds is 13. The molecule has 11 heteroatoms. The highest BCUT2D eigenvalue weighted by Crippen LogP contribution is 2.37. The number of aliphatic hydroxyl groups is 1. The van der Waals surface area contributed by atoms with Crippen LogP contribution in [-0.2, 0) is 0 Å². The summed E-state index contributed by atoms with van der Waals surface area (Å²) >= 11 is 0. The first kappa shape index (κ1) is 26.2. The standard InChI is InChI=1S/C25H35N7O4/c26-16-2-5-21(19(29)14-16)34-11-1-12-35-23-7-4-18(28)25(24(23)31)32(8-10-33)9-13-36-22-6-3-17(27)15-20(22)30/h2-7,14-15,33H,1,8-13,26-31H2. The van der Waals surface area contributed by atoms with E-state index in [9.17, 15) is 5.11 Å². The Morgan fingerprint density at radius 2 is 1.14 bits per heavy atom. The maximum atomic E-state index is 9.61. The monoisotopic (exact) mass is 497 g/mol. The van der Waals surface area contributed by atoms with Gasteiger partial charge < -0.3 is 58.6 Å². The lowest BCUT2D eigenvalue weighted by molar-refractivity contribution is 0.249. The van der Waals surface area contributed by atoms with Crippen molar-refractivity contribution in [3.8, 4) is 17.2 Å². The number of ether oxygens (including phenoxy) is 3. The molecule has 0 aliphatic heterocycles. The minimum absolute atomic E-state index is 0.0976. The summed E-state index contributed by atoms with van der Waals surface area (Å²) in [4.78, 5) is 1.85. The minimum Gasteiger partial charge on any atom is -0.491 e. The fourth-order valence-electron chi connectivity index (χ4n) is 3.63. The molecule has 0 amide bonds. The van der Waals surface area contributed by atoms with Crippen LogP contribution in [0.4, 0.5) is 39.8 Å². The van der Waals surface area contributed by atoms with E-state index >= 15 is 0 Å². The molecular weight excluding hydrogens is 462 g/mol. The average molecular weight is 498 g/mol. The lowest BCUT2D eigenvalue weighted by Gasteiger charge is -2.28. The van der Waals surface area contributed by atoms with E-state index < -0.39 is 0 Å². The Balaban J connectivity index is 1.59. The molecule has 3 rings (SSSR count). The van der Waals surface area contributed by atoms with Crippen molar-refractivity contribution in [2.45, 2.75) is 6.42 Å². The molecule has 3 aromatic carbocycles. The van der Waals surface area contributed by atoms with Gasteiger partial charge >= 0.3 is 0 Å². The Kier molecular flexibility index (Phi) is 9.01. The first-order valence-electron chi connectivity index (χ1n) is 11.5. The minimum atomic E-state index is -0.0976. The Labute approximate surface area is 210 Å². The fraction of sp³-hybridized carbons (Fsp3) is 0.280. The summed E-state index contributed by atoms with van der Waals surface area (Å²) in [6, 6.07) is 13.6. The van der Waals surface area contributed by atoms with Crippen LogP contribution in [0.1, 0.15) is 6.42 Å². The van der Waals surface area contributed by atoms with E-state index in [4.69, 9.17) is 48.6 Å². The van der Waals surface area contributed by atoms with Gasteiger partial charge in [0.15, 0.2) is 0 Å². The molecule has 0 unspecified atom stereocenters. The first-order valence-corrected chi connectivity index (χ1v) is 11.5. The van der Waals surface area contributed by atoms with Gasteiger partial charge in [-0.25, -0.2) is 0 Å². The lowest BCUT2D eigenvalue weighted by Crippen LogP contribution is -2.32. The van der Waals surface area contributed by atoms with Crippen LogP contribution >= 0.6 is 0 Å². The highest BCUT2D eigenvalue weighted by atomic mass is 16.5. The van der Waals surface area contributed by atoms with Crippen molar-refractivity contribution in [2.24, 2.45) is 0 Å². The highest BCUT2D eigenvalue weighted by Gasteiger charge is 2.17. The molecule has 0 aliphatic rings. The second kappa shape index (κ2) is 12.4. The number of aliphatic hydroxyl groups excluding tert-OH is 1. The first-order chi connectivity index (χ1) is 17.3. The van der Waals surface area contributed by atoms with Crippen LogP contribution in [0, 0.1) is 0 Å². The van der Waals surface area contributed by atoms with Crippen LogP contribution in [0.15, 0.2) is 48.5 Å². The van der Waals surface area contributed by atoms with Crippen molar-refractivity contribution in [3.63, 3.8) is 0 Å². The molecule has 0 spiro atoms. The van der Waals surface area contributed by atoms with Crippen LogP contribution in [0.3, 0.4) is 0 Å². The van der Waals surface area contributed by atoms with Crippen molar-refractivity contribution < 1.29 is 19.3 Å². The largest absolute Gasteiger partial charge is 0.491 e. The number of hydrogen-bond acceptors (Lipinski definition) is 11. The molecule has 0 saturated carbocycles. The normalized spacial score (nSPS) is 10.7. The molecule has 0 saturated heterocycles. The SMILES string of the molecule is Nc1ccc(OCCCOc2ccc(N)c(N(CCO)CCOc3ccc(N)cc3N)c2N)c(N)c1. The van der Waals surface area contributed by atoms with E-state index in [2.05, 4.69) is 0 Å². The van der Waals surface area contributed by atoms with Crippen LogP contribution in [0.2, 0.25) is 0 Å². The molecule has 0 bridgehead atoms. The second-order valence-corrected chi connectivity index (χ2v) is 8.12. The molecular formula is C25H35N7O4. The smallest absolute Gasteiger partial charge is 0.144 e. The molecule has 0 radical (unpaired) electrons. The van der Waals surface area contributed by atoms with Crippen molar-refractivity contribution in [3.05, 3.63) is 48.5 Å². The summed E-state index contributed by atoms with van der Waals surface area (Å²) in [5.74, 6) is 1.58. The molecule has 0 atom stereocenters. The van der Waals surface area contributed by atoms with Crippen molar-refractivity contribution in [1.29, 1.82) is 0 Å². The summed E-state index contributed by atoms with van der Waals surface area (Å²) < 4.78 is 17.4. The molecule has 0 aliphatic carbocycles. The third-order valence-electron chi connectivity index (χ3n) is 5.38. The van der Waals surface area contributed by atoms with Gasteiger partial charge in [-0.1, -0.05) is 0 Å². The van der Waals surface area contributed by atoms with Crippen LogP contribution in [0.25, 0.3) is 0 Å². The average Bonchev–Trinajstić information content (AvgIpc) is 2.82. The van der Waals surface area contributed by atoms with Gasteiger partial charge in [0.2, 0.25) is 0 Å². The van der Waals surface area contributed by atoms with Crippen molar-refractivity contribution in [1.82, 2.24) is 0 Å². The summed E-state index contributed by atoms with van der Waals surface area (Å²) in [6.07, 6.45) is 0.597.